The predicted molar refractivity (Wildman–Crippen MR) is 106 cm³/mol. The zero-order valence-electron chi connectivity index (χ0n) is 15.6. The molecular formula is C23H20F2N2O2. The van der Waals surface area contributed by atoms with Crippen LogP contribution in [-0.2, 0) is 4.79 Å². The second-order valence-corrected chi connectivity index (χ2v) is 6.43. The van der Waals surface area contributed by atoms with Gasteiger partial charge < -0.3 is 10.6 Å². The Hall–Kier alpha value is -3.54. The Morgan fingerprint density at radius 1 is 0.759 bits per heavy atom. The van der Waals surface area contributed by atoms with Gasteiger partial charge in [-0.3, -0.25) is 9.59 Å². The van der Waals surface area contributed by atoms with Crippen molar-refractivity contribution in [1.29, 1.82) is 0 Å². The fraction of sp³-hybridized carbons (Fsp3) is 0.130. The van der Waals surface area contributed by atoms with Crippen LogP contribution in [0.3, 0.4) is 0 Å². The topological polar surface area (TPSA) is 58.2 Å². The predicted octanol–water partition coefficient (Wildman–Crippen LogP) is 3.64. The van der Waals surface area contributed by atoms with Crippen LogP contribution in [-0.4, -0.2) is 24.9 Å². The highest BCUT2D eigenvalue weighted by molar-refractivity contribution is 5.94. The van der Waals surface area contributed by atoms with E-state index in [1.165, 1.54) is 0 Å². The summed E-state index contributed by atoms with van der Waals surface area (Å²) in [6, 6.07) is 21.5. The molecule has 3 aromatic rings. The molecule has 0 heterocycles. The number of rotatable bonds is 7. The first-order valence-corrected chi connectivity index (χ1v) is 9.17. The summed E-state index contributed by atoms with van der Waals surface area (Å²) in [6.07, 6.45) is 0. The number of hydrogen-bond acceptors (Lipinski definition) is 2. The van der Waals surface area contributed by atoms with Crippen molar-refractivity contribution in [3.8, 4) is 0 Å². The molecule has 0 atom stereocenters. The second kappa shape index (κ2) is 9.59. The Labute approximate surface area is 167 Å². The molecule has 29 heavy (non-hydrogen) atoms. The van der Waals surface area contributed by atoms with E-state index in [-0.39, 0.29) is 24.6 Å². The Morgan fingerprint density at radius 3 is 1.86 bits per heavy atom. The van der Waals surface area contributed by atoms with Gasteiger partial charge in [-0.25, -0.2) is 8.78 Å². The maximum atomic E-state index is 13.6. The van der Waals surface area contributed by atoms with E-state index in [0.717, 1.165) is 23.3 Å². The lowest BCUT2D eigenvalue weighted by molar-refractivity contribution is -0.121. The molecule has 0 radical (unpaired) electrons. The summed E-state index contributed by atoms with van der Waals surface area (Å²) in [5, 5.41) is 5.32. The van der Waals surface area contributed by atoms with Crippen molar-refractivity contribution >= 4 is 11.8 Å². The van der Waals surface area contributed by atoms with Gasteiger partial charge >= 0.3 is 0 Å². The third kappa shape index (κ3) is 5.25. The first-order valence-electron chi connectivity index (χ1n) is 9.17. The maximum absolute atomic E-state index is 13.6. The number of hydrogen-bond donors (Lipinski definition) is 2. The largest absolute Gasteiger partial charge is 0.354 e. The summed E-state index contributed by atoms with van der Waals surface area (Å²) in [7, 11) is 0. The third-order valence-corrected chi connectivity index (χ3v) is 4.41. The van der Waals surface area contributed by atoms with Crippen molar-refractivity contribution in [2.24, 2.45) is 0 Å². The Balaban J connectivity index is 1.60. The van der Waals surface area contributed by atoms with E-state index in [0.29, 0.717) is 6.07 Å². The first kappa shape index (κ1) is 20.2. The van der Waals surface area contributed by atoms with Gasteiger partial charge in [0.2, 0.25) is 5.91 Å². The SMILES string of the molecule is O=C(NCCNC(=O)C(c1ccccc1)c1ccccc1)c1ccc(F)cc1F. The number of nitrogens with one attached hydrogen (secondary N) is 2. The average Bonchev–Trinajstić information content (AvgIpc) is 2.73. The molecule has 148 valence electrons. The van der Waals surface area contributed by atoms with Gasteiger partial charge in [0.05, 0.1) is 11.5 Å². The second-order valence-electron chi connectivity index (χ2n) is 6.43. The molecule has 3 rings (SSSR count). The molecule has 0 aliphatic carbocycles. The van der Waals surface area contributed by atoms with Crippen LogP contribution in [0.4, 0.5) is 8.78 Å². The molecule has 0 fully saturated rings. The molecular weight excluding hydrogens is 374 g/mol. The van der Waals surface area contributed by atoms with Crippen LogP contribution in [0.25, 0.3) is 0 Å². The molecule has 3 aromatic carbocycles. The molecule has 0 aliphatic heterocycles. The molecule has 0 saturated heterocycles. The van der Waals surface area contributed by atoms with Crippen molar-refractivity contribution in [3.05, 3.63) is 107 Å². The van der Waals surface area contributed by atoms with Crippen LogP contribution in [0.5, 0.6) is 0 Å². The summed E-state index contributed by atoms with van der Waals surface area (Å²) in [5.41, 5.74) is 1.46. The zero-order valence-corrected chi connectivity index (χ0v) is 15.6. The highest BCUT2D eigenvalue weighted by Gasteiger charge is 2.22. The number of carbonyl (C=O) groups is 2. The van der Waals surface area contributed by atoms with Crippen LogP contribution in [0.15, 0.2) is 78.9 Å². The van der Waals surface area contributed by atoms with E-state index in [9.17, 15) is 18.4 Å². The highest BCUT2D eigenvalue weighted by Crippen LogP contribution is 2.24. The van der Waals surface area contributed by atoms with Gasteiger partial charge in [-0.15, -0.1) is 0 Å². The molecule has 6 heteroatoms. The fourth-order valence-corrected chi connectivity index (χ4v) is 3.02. The molecule has 0 spiro atoms. The minimum absolute atomic E-state index is 0.109. The molecule has 0 aromatic heterocycles. The lowest BCUT2D eigenvalue weighted by Gasteiger charge is -2.18. The van der Waals surface area contributed by atoms with E-state index < -0.39 is 23.5 Å². The van der Waals surface area contributed by atoms with Crippen LogP contribution in [0.2, 0.25) is 0 Å². The molecule has 0 aliphatic rings. The van der Waals surface area contributed by atoms with Gasteiger partial charge in [0.25, 0.3) is 5.91 Å². The zero-order chi connectivity index (χ0) is 20.6. The Bertz CT molecular complexity index is 939. The molecule has 0 bridgehead atoms. The molecule has 4 nitrogen and oxygen atoms in total. The monoisotopic (exact) mass is 394 g/mol. The summed E-state index contributed by atoms with van der Waals surface area (Å²) in [4.78, 5) is 24.8. The minimum Gasteiger partial charge on any atom is -0.354 e. The Kier molecular flexibility index (Phi) is 6.68. The van der Waals surface area contributed by atoms with Crippen LogP contribution < -0.4 is 10.6 Å². The number of amides is 2. The van der Waals surface area contributed by atoms with Gasteiger partial charge in [-0.1, -0.05) is 60.7 Å². The summed E-state index contributed by atoms with van der Waals surface area (Å²) >= 11 is 0. The summed E-state index contributed by atoms with van der Waals surface area (Å²) in [6.45, 7) is 0.279. The standard InChI is InChI=1S/C23H20F2N2O2/c24-18-11-12-19(20(25)15-18)22(28)26-13-14-27-23(29)21(16-7-3-1-4-8-16)17-9-5-2-6-10-17/h1-12,15,21H,13-14H2,(H,26,28)(H,27,29). The first-order chi connectivity index (χ1) is 14.1. The Morgan fingerprint density at radius 2 is 1.31 bits per heavy atom. The van der Waals surface area contributed by atoms with E-state index in [2.05, 4.69) is 10.6 Å². The highest BCUT2D eigenvalue weighted by atomic mass is 19.1. The smallest absolute Gasteiger partial charge is 0.254 e. The van der Waals surface area contributed by atoms with Gasteiger partial charge in [0.1, 0.15) is 11.6 Å². The molecule has 2 amide bonds. The number of halogens is 2. The maximum Gasteiger partial charge on any atom is 0.254 e. The lowest BCUT2D eigenvalue weighted by Crippen LogP contribution is -2.37. The van der Waals surface area contributed by atoms with Crippen LogP contribution in [0.1, 0.15) is 27.4 Å². The molecule has 0 unspecified atom stereocenters. The van der Waals surface area contributed by atoms with E-state index in [1.807, 2.05) is 60.7 Å². The quantitative estimate of drug-likeness (QED) is 0.601. The van der Waals surface area contributed by atoms with E-state index in [1.54, 1.807) is 0 Å². The molecule has 0 saturated carbocycles. The van der Waals surface area contributed by atoms with E-state index in [4.69, 9.17) is 0 Å². The summed E-state index contributed by atoms with van der Waals surface area (Å²) in [5.74, 6) is -3.04. The van der Waals surface area contributed by atoms with Gasteiger partial charge in [-0.05, 0) is 23.3 Å². The van der Waals surface area contributed by atoms with Gasteiger partial charge in [0, 0.05) is 19.2 Å². The van der Waals surface area contributed by atoms with Crippen molar-refractivity contribution in [2.45, 2.75) is 5.92 Å². The minimum atomic E-state index is -0.931. The van der Waals surface area contributed by atoms with Crippen LogP contribution in [0, 0.1) is 11.6 Å². The van der Waals surface area contributed by atoms with Crippen molar-refractivity contribution in [2.75, 3.05) is 13.1 Å². The number of benzene rings is 3. The normalized spacial score (nSPS) is 10.6. The molecule has 2 N–H and O–H groups in total. The van der Waals surface area contributed by atoms with Gasteiger partial charge in [0.15, 0.2) is 0 Å². The van der Waals surface area contributed by atoms with Crippen molar-refractivity contribution < 1.29 is 18.4 Å². The fourth-order valence-electron chi connectivity index (χ4n) is 3.02. The van der Waals surface area contributed by atoms with Crippen LogP contribution >= 0.6 is 0 Å². The third-order valence-electron chi connectivity index (χ3n) is 4.41. The van der Waals surface area contributed by atoms with Crippen molar-refractivity contribution in [3.63, 3.8) is 0 Å². The summed E-state index contributed by atoms with van der Waals surface area (Å²) < 4.78 is 26.6. The van der Waals surface area contributed by atoms with E-state index >= 15 is 0 Å². The number of carbonyl (C=O) groups excluding carboxylic acids is 2. The lowest BCUT2D eigenvalue weighted by atomic mass is 9.90. The van der Waals surface area contributed by atoms with Crippen molar-refractivity contribution in [1.82, 2.24) is 10.6 Å². The van der Waals surface area contributed by atoms with Gasteiger partial charge in [-0.2, -0.15) is 0 Å². The average molecular weight is 394 g/mol.